The number of nitrogens with zero attached hydrogens (tertiary/aromatic N) is 3. The molecule has 2 N–H and O–H groups in total. The monoisotopic (exact) mass is 379 g/mol. The first-order valence-electron chi connectivity index (χ1n) is 7.59. The minimum atomic E-state index is -0.121. The van der Waals surface area contributed by atoms with Crippen LogP contribution in [0.2, 0.25) is 0 Å². The fraction of sp³-hybridized carbons (Fsp3) is 0.467. The maximum absolute atomic E-state index is 12.2. The van der Waals surface area contributed by atoms with E-state index in [9.17, 15) is 10.1 Å². The van der Waals surface area contributed by atoms with E-state index in [1.165, 1.54) is 28.0 Å². The maximum Gasteiger partial charge on any atom is 0.235 e. The first kappa shape index (κ1) is 17.2. The van der Waals surface area contributed by atoms with Crippen molar-refractivity contribution in [3.05, 3.63) is 16.0 Å². The van der Waals surface area contributed by atoms with Crippen molar-refractivity contribution < 1.29 is 4.79 Å². The van der Waals surface area contributed by atoms with Gasteiger partial charge in [0.25, 0.3) is 0 Å². The Balaban J connectivity index is 1.65. The molecule has 0 fully saturated rings. The minimum absolute atomic E-state index is 0.121. The fourth-order valence-corrected chi connectivity index (χ4v) is 5.50. The predicted octanol–water partition coefficient (Wildman–Crippen LogP) is 3.37. The summed E-state index contributed by atoms with van der Waals surface area (Å²) in [5.74, 6) is 0.771. The quantitative estimate of drug-likeness (QED) is 0.774. The molecule has 1 atom stereocenters. The summed E-state index contributed by atoms with van der Waals surface area (Å²) in [6.45, 7) is 2.23. The SMILES string of the molecule is CNc1nnc(SCC(=O)Nc2sc3c(c2C#N)CC[C@@H](C)C3)s1. The van der Waals surface area contributed by atoms with Crippen molar-refractivity contribution >= 4 is 50.5 Å². The van der Waals surface area contributed by atoms with Crippen LogP contribution in [0.4, 0.5) is 10.1 Å². The number of amides is 1. The molecular weight excluding hydrogens is 362 g/mol. The molecule has 2 aromatic heterocycles. The molecule has 126 valence electrons. The average molecular weight is 380 g/mol. The summed E-state index contributed by atoms with van der Waals surface area (Å²) in [6, 6.07) is 2.27. The standard InChI is InChI=1S/C15H17N5OS3/c1-8-3-4-9-10(6-16)13(23-11(9)5-8)18-12(21)7-22-15-20-19-14(17-2)24-15/h8H,3-5,7H2,1-2H3,(H,17,19)(H,18,21)/t8-/m1/s1. The molecule has 0 spiro atoms. The summed E-state index contributed by atoms with van der Waals surface area (Å²) in [4.78, 5) is 13.5. The van der Waals surface area contributed by atoms with Crippen molar-refractivity contribution in [1.29, 1.82) is 5.26 Å². The van der Waals surface area contributed by atoms with Crippen LogP contribution in [-0.4, -0.2) is 28.9 Å². The second-order valence-corrected chi connectivity index (χ2v) is 8.93. The molecule has 1 amide bonds. The van der Waals surface area contributed by atoms with Gasteiger partial charge in [-0.2, -0.15) is 5.26 Å². The molecule has 2 heterocycles. The smallest absolute Gasteiger partial charge is 0.235 e. The zero-order valence-electron chi connectivity index (χ0n) is 13.4. The summed E-state index contributed by atoms with van der Waals surface area (Å²) < 4.78 is 0.745. The second-order valence-electron chi connectivity index (χ2n) is 5.63. The topological polar surface area (TPSA) is 90.7 Å². The van der Waals surface area contributed by atoms with Gasteiger partial charge in [-0.3, -0.25) is 4.79 Å². The Hall–Kier alpha value is -1.63. The van der Waals surface area contributed by atoms with Gasteiger partial charge in [-0.05, 0) is 30.7 Å². The molecule has 6 nitrogen and oxygen atoms in total. The Bertz CT molecular complexity index is 792. The third-order valence-electron chi connectivity index (χ3n) is 3.82. The van der Waals surface area contributed by atoms with E-state index < -0.39 is 0 Å². The van der Waals surface area contributed by atoms with Crippen LogP contribution in [0.1, 0.15) is 29.3 Å². The predicted molar refractivity (Wildman–Crippen MR) is 99.0 cm³/mol. The van der Waals surface area contributed by atoms with Gasteiger partial charge < -0.3 is 10.6 Å². The van der Waals surface area contributed by atoms with Gasteiger partial charge in [0.1, 0.15) is 11.1 Å². The molecule has 3 rings (SSSR count). The van der Waals surface area contributed by atoms with Gasteiger partial charge in [-0.15, -0.1) is 21.5 Å². The largest absolute Gasteiger partial charge is 0.363 e. The highest BCUT2D eigenvalue weighted by atomic mass is 32.2. The molecule has 9 heteroatoms. The Labute approximate surface area is 152 Å². The highest BCUT2D eigenvalue weighted by molar-refractivity contribution is 8.01. The van der Waals surface area contributed by atoms with Crippen LogP contribution in [0.15, 0.2) is 4.34 Å². The molecule has 1 aliphatic carbocycles. The number of thioether (sulfide) groups is 1. The molecule has 0 aliphatic heterocycles. The van der Waals surface area contributed by atoms with E-state index in [0.29, 0.717) is 16.5 Å². The molecule has 0 bridgehead atoms. The summed E-state index contributed by atoms with van der Waals surface area (Å²) in [7, 11) is 1.78. The molecule has 2 aromatic rings. The number of thiophene rings is 1. The third-order valence-corrected chi connectivity index (χ3v) is 7.07. The highest BCUT2D eigenvalue weighted by Crippen LogP contribution is 2.39. The van der Waals surface area contributed by atoms with E-state index in [4.69, 9.17) is 0 Å². The molecule has 24 heavy (non-hydrogen) atoms. The number of fused-ring (bicyclic) bond motifs is 1. The van der Waals surface area contributed by atoms with Crippen LogP contribution < -0.4 is 10.6 Å². The van der Waals surface area contributed by atoms with Crippen LogP contribution in [-0.2, 0) is 17.6 Å². The molecule has 0 saturated heterocycles. The summed E-state index contributed by atoms with van der Waals surface area (Å²) >= 11 is 4.31. The lowest BCUT2D eigenvalue weighted by atomic mass is 9.89. The number of aromatic nitrogens is 2. The molecule has 0 radical (unpaired) electrons. The second kappa shape index (κ2) is 7.51. The minimum Gasteiger partial charge on any atom is -0.363 e. The number of anilines is 2. The van der Waals surface area contributed by atoms with Crippen molar-refractivity contribution in [2.75, 3.05) is 23.4 Å². The molecular formula is C15H17N5OS3. The molecule has 1 aliphatic rings. The van der Waals surface area contributed by atoms with E-state index in [1.54, 1.807) is 18.4 Å². The zero-order chi connectivity index (χ0) is 17.1. The summed E-state index contributed by atoms with van der Waals surface area (Å²) in [5, 5.41) is 24.6. The van der Waals surface area contributed by atoms with E-state index in [0.717, 1.165) is 34.3 Å². The van der Waals surface area contributed by atoms with Crippen LogP contribution in [0.25, 0.3) is 0 Å². The fourth-order valence-electron chi connectivity index (χ4n) is 2.62. The van der Waals surface area contributed by atoms with Crippen LogP contribution in [0.3, 0.4) is 0 Å². The number of hydrogen-bond donors (Lipinski definition) is 2. The lowest BCUT2D eigenvalue weighted by Crippen LogP contribution is -2.14. The number of carbonyl (C=O) groups excluding carboxylic acids is 1. The van der Waals surface area contributed by atoms with E-state index in [1.807, 2.05) is 0 Å². The Morgan fingerprint density at radius 1 is 1.46 bits per heavy atom. The molecule has 0 unspecified atom stereocenters. The first-order chi connectivity index (χ1) is 11.6. The van der Waals surface area contributed by atoms with Gasteiger partial charge in [-0.1, -0.05) is 30.0 Å². The van der Waals surface area contributed by atoms with E-state index in [-0.39, 0.29) is 11.7 Å². The third kappa shape index (κ3) is 3.71. The Morgan fingerprint density at radius 2 is 2.29 bits per heavy atom. The van der Waals surface area contributed by atoms with Gasteiger partial charge in [-0.25, -0.2) is 0 Å². The van der Waals surface area contributed by atoms with Crippen LogP contribution >= 0.6 is 34.4 Å². The Morgan fingerprint density at radius 3 is 3.00 bits per heavy atom. The van der Waals surface area contributed by atoms with Crippen LogP contribution in [0.5, 0.6) is 0 Å². The number of carbonyl (C=O) groups is 1. The lowest BCUT2D eigenvalue weighted by Gasteiger charge is -2.17. The molecule has 0 aromatic carbocycles. The van der Waals surface area contributed by atoms with Gasteiger partial charge in [0, 0.05) is 11.9 Å². The van der Waals surface area contributed by atoms with Crippen molar-refractivity contribution in [1.82, 2.24) is 10.2 Å². The van der Waals surface area contributed by atoms with E-state index in [2.05, 4.69) is 33.8 Å². The van der Waals surface area contributed by atoms with Gasteiger partial charge in [0.2, 0.25) is 11.0 Å². The lowest BCUT2D eigenvalue weighted by molar-refractivity contribution is -0.113. The van der Waals surface area contributed by atoms with Gasteiger partial charge in [0.05, 0.1) is 11.3 Å². The van der Waals surface area contributed by atoms with Crippen molar-refractivity contribution in [3.8, 4) is 6.07 Å². The summed E-state index contributed by atoms with van der Waals surface area (Å²) in [6.07, 6.45) is 3.03. The molecule has 0 saturated carbocycles. The van der Waals surface area contributed by atoms with Crippen molar-refractivity contribution in [2.24, 2.45) is 5.92 Å². The zero-order valence-corrected chi connectivity index (χ0v) is 15.8. The number of hydrogen-bond acceptors (Lipinski definition) is 8. The van der Waals surface area contributed by atoms with Crippen molar-refractivity contribution in [2.45, 2.75) is 30.5 Å². The van der Waals surface area contributed by atoms with Crippen LogP contribution in [0, 0.1) is 17.2 Å². The average Bonchev–Trinajstić information content (AvgIpc) is 3.16. The highest BCUT2D eigenvalue weighted by Gasteiger charge is 2.24. The Kier molecular flexibility index (Phi) is 5.38. The maximum atomic E-state index is 12.2. The van der Waals surface area contributed by atoms with Crippen molar-refractivity contribution in [3.63, 3.8) is 0 Å². The normalized spacial score (nSPS) is 16.3. The number of rotatable bonds is 5. The number of nitrogens with one attached hydrogen (secondary N) is 2. The number of nitriles is 1. The van der Waals surface area contributed by atoms with Gasteiger partial charge >= 0.3 is 0 Å². The summed E-state index contributed by atoms with van der Waals surface area (Å²) in [5.41, 5.74) is 1.78. The van der Waals surface area contributed by atoms with E-state index >= 15 is 0 Å². The van der Waals surface area contributed by atoms with Gasteiger partial charge in [0.15, 0.2) is 4.34 Å². The first-order valence-corrected chi connectivity index (χ1v) is 10.2.